The smallest absolute Gasteiger partial charge is 0.318 e. The average molecular weight is 492 g/mol. The van der Waals surface area contributed by atoms with E-state index in [0.717, 1.165) is 23.4 Å². The third-order valence-corrected chi connectivity index (χ3v) is 7.10. The topological polar surface area (TPSA) is 106 Å². The molecule has 36 heavy (non-hydrogen) atoms. The zero-order chi connectivity index (χ0) is 26.0. The molecule has 4 rings (SSSR count). The summed E-state index contributed by atoms with van der Waals surface area (Å²) >= 11 is 0. The number of hydrogen-bond acceptors (Lipinski definition) is 6. The van der Waals surface area contributed by atoms with Crippen LogP contribution < -0.4 is 21.8 Å². The lowest BCUT2D eigenvalue weighted by atomic mass is 9.99. The number of urea groups is 1. The predicted molar refractivity (Wildman–Crippen MR) is 142 cm³/mol. The van der Waals surface area contributed by atoms with Gasteiger partial charge in [0, 0.05) is 37.0 Å². The van der Waals surface area contributed by atoms with E-state index in [1.54, 1.807) is 24.3 Å². The molecule has 2 aliphatic rings. The van der Waals surface area contributed by atoms with E-state index in [0.29, 0.717) is 24.3 Å². The second kappa shape index (κ2) is 10.2. The molecule has 0 bridgehead atoms. The number of likely N-dealkylation sites (N-methyl/N-ethyl adjacent to an activating group) is 2. The molecule has 2 aromatic carbocycles. The summed E-state index contributed by atoms with van der Waals surface area (Å²) in [7, 11) is 3.96. The van der Waals surface area contributed by atoms with Crippen molar-refractivity contribution in [3.63, 3.8) is 0 Å². The SMILES string of the molecule is CCN(C)C[C@@H](NC(=O)N1CC2=C(N(C)NC2NC(=O)c2cccc(N)c2)C1(C)C)c1ccccc1. The van der Waals surface area contributed by atoms with E-state index in [2.05, 4.69) is 27.9 Å². The Bertz CT molecular complexity index is 1150. The highest BCUT2D eigenvalue weighted by molar-refractivity contribution is 5.95. The van der Waals surface area contributed by atoms with E-state index in [-0.39, 0.29) is 18.0 Å². The summed E-state index contributed by atoms with van der Waals surface area (Å²) in [4.78, 5) is 30.6. The molecule has 2 heterocycles. The van der Waals surface area contributed by atoms with E-state index in [1.165, 1.54) is 0 Å². The molecule has 0 saturated heterocycles. The molecule has 2 aliphatic heterocycles. The number of hydrogen-bond donors (Lipinski definition) is 4. The number of nitrogens with two attached hydrogens (primary N) is 1. The van der Waals surface area contributed by atoms with Crippen molar-refractivity contribution in [3.05, 3.63) is 77.0 Å². The van der Waals surface area contributed by atoms with Gasteiger partial charge in [-0.1, -0.05) is 43.3 Å². The van der Waals surface area contributed by atoms with Crippen LogP contribution in [0.15, 0.2) is 65.9 Å². The Labute approximate surface area is 213 Å². The van der Waals surface area contributed by atoms with Crippen LogP contribution in [0.25, 0.3) is 0 Å². The van der Waals surface area contributed by atoms with Crippen molar-refractivity contribution < 1.29 is 9.59 Å². The number of carbonyl (C=O) groups excluding carboxylic acids is 2. The van der Waals surface area contributed by atoms with E-state index in [4.69, 9.17) is 5.73 Å². The van der Waals surface area contributed by atoms with Gasteiger partial charge < -0.3 is 31.2 Å². The number of carbonyl (C=O) groups is 2. The second-order valence-electron chi connectivity index (χ2n) is 10.0. The number of benzene rings is 2. The van der Waals surface area contributed by atoms with Crippen LogP contribution in [0.5, 0.6) is 0 Å². The van der Waals surface area contributed by atoms with Crippen LogP contribution in [0, 0.1) is 0 Å². The molecule has 192 valence electrons. The summed E-state index contributed by atoms with van der Waals surface area (Å²) in [6, 6.07) is 16.6. The fourth-order valence-electron chi connectivity index (χ4n) is 5.08. The lowest BCUT2D eigenvalue weighted by molar-refractivity contribution is 0.0915. The molecule has 0 fully saturated rings. The van der Waals surface area contributed by atoms with Crippen molar-refractivity contribution in [1.82, 2.24) is 30.9 Å². The molecule has 0 saturated carbocycles. The molecule has 3 amide bonds. The van der Waals surface area contributed by atoms with Crippen molar-refractivity contribution in [3.8, 4) is 0 Å². The molecule has 0 aliphatic carbocycles. The second-order valence-corrected chi connectivity index (χ2v) is 10.0. The van der Waals surface area contributed by atoms with Gasteiger partial charge in [-0.15, -0.1) is 0 Å². The maximum absolute atomic E-state index is 13.7. The Morgan fingerprint density at radius 3 is 2.58 bits per heavy atom. The van der Waals surface area contributed by atoms with E-state index in [9.17, 15) is 9.59 Å². The standard InChI is InChI=1S/C27H37N7O2/c1-6-32(4)17-22(18-11-8-7-9-12-18)29-26(36)34-16-21-23(27(34,2)3)33(5)31-24(21)30-25(35)19-13-10-14-20(28)15-19/h7-15,22,24,31H,6,16-17,28H2,1-5H3,(H,29,36)(H,30,35)/t22-,24?/m1/s1. The van der Waals surface area contributed by atoms with E-state index >= 15 is 0 Å². The van der Waals surface area contributed by atoms with Gasteiger partial charge in [-0.3, -0.25) is 4.79 Å². The fraction of sp³-hybridized carbons (Fsp3) is 0.407. The van der Waals surface area contributed by atoms with E-state index in [1.807, 2.05) is 68.2 Å². The summed E-state index contributed by atoms with van der Waals surface area (Å²) in [5.41, 5.74) is 12.6. The first-order chi connectivity index (χ1) is 17.1. The minimum atomic E-state index is -0.574. The number of rotatable bonds is 7. The van der Waals surface area contributed by atoms with Crippen LogP contribution in [0.1, 0.15) is 42.7 Å². The highest BCUT2D eigenvalue weighted by Crippen LogP contribution is 2.39. The lowest BCUT2D eigenvalue weighted by Crippen LogP contribution is -2.56. The number of nitrogens with one attached hydrogen (secondary N) is 3. The van der Waals surface area contributed by atoms with Gasteiger partial charge >= 0.3 is 6.03 Å². The van der Waals surface area contributed by atoms with Crippen LogP contribution in [0.2, 0.25) is 0 Å². The fourth-order valence-corrected chi connectivity index (χ4v) is 5.08. The summed E-state index contributed by atoms with van der Waals surface area (Å²) in [5.74, 6) is -0.227. The van der Waals surface area contributed by atoms with Crippen molar-refractivity contribution in [2.45, 2.75) is 38.5 Å². The van der Waals surface area contributed by atoms with Crippen LogP contribution >= 0.6 is 0 Å². The van der Waals surface area contributed by atoms with E-state index < -0.39 is 11.7 Å². The van der Waals surface area contributed by atoms with Gasteiger partial charge in [0.15, 0.2) is 0 Å². The molecule has 0 aromatic heterocycles. The summed E-state index contributed by atoms with van der Waals surface area (Å²) in [6.07, 6.45) is -0.424. The van der Waals surface area contributed by atoms with Crippen molar-refractivity contribution in [2.75, 3.05) is 39.5 Å². The molecular formula is C27H37N7O2. The first-order valence-corrected chi connectivity index (χ1v) is 12.3. The molecule has 0 spiro atoms. The summed E-state index contributed by atoms with van der Waals surface area (Å²) in [5, 5.41) is 8.23. The number of amides is 3. The number of nitrogens with zero attached hydrogens (tertiary/aromatic N) is 3. The molecule has 5 N–H and O–H groups in total. The van der Waals surface area contributed by atoms with Crippen molar-refractivity contribution >= 4 is 17.6 Å². The molecule has 2 atom stereocenters. The Balaban J connectivity index is 1.52. The number of nitrogen functional groups attached to an aromatic ring is 1. The third-order valence-electron chi connectivity index (χ3n) is 7.10. The first kappa shape index (κ1) is 25.5. The normalized spacial score (nSPS) is 19.4. The largest absolute Gasteiger partial charge is 0.399 e. The van der Waals surface area contributed by atoms with Gasteiger partial charge in [0.2, 0.25) is 0 Å². The minimum absolute atomic E-state index is 0.137. The molecule has 9 heteroatoms. The Hall–Kier alpha value is -3.56. The molecule has 2 aromatic rings. The zero-order valence-electron chi connectivity index (χ0n) is 21.7. The van der Waals surface area contributed by atoms with Gasteiger partial charge in [-0.05, 0) is 51.2 Å². The minimum Gasteiger partial charge on any atom is -0.399 e. The maximum Gasteiger partial charge on any atom is 0.318 e. The predicted octanol–water partition coefficient (Wildman–Crippen LogP) is 2.53. The highest BCUT2D eigenvalue weighted by Gasteiger charge is 2.50. The van der Waals surface area contributed by atoms with Crippen LogP contribution in [0.3, 0.4) is 0 Å². The summed E-state index contributed by atoms with van der Waals surface area (Å²) in [6.45, 7) is 8.15. The quantitative estimate of drug-likeness (QED) is 0.444. The first-order valence-electron chi connectivity index (χ1n) is 12.3. The van der Waals surface area contributed by atoms with Crippen LogP contribution in [-0.2, 0) is 0 Å². The van der Waals surface area contributed by atoms with Crippen molar-refractivity contribution in [1.29, 1.82) is 0 Å². The molecule has 1 unspecified atom stereocenters. The van der Waals surface area contributed by atoms with Gasteiger partial charge in [0.1, 0.15) is 6.17 Å². The van der Waals surface area contributed by atoms with Gasteiger partial charge in [0.25, 0.3) is 5.91 Å². The lowest BCUT2D eigenvalue weighted by Gasteiger charge is -2.39. The van der Waals surface area contributed by atoms with Gasteiger partial charge in [-0.25, -0.2) is 10.2 Å². The highest BCUT2D eigenvalue weighted by atomic mass is 16.2. The van der Waals surface area contributed by atoms with Crippen molar-refractivity contribution in [2.24, 2.45) is 0 Å². The Morgan fingerprint density at radius 1 is 1.19 bits per heavy atom. The molecular weight excluding hydrogens is 454 g/mol. The Kier molecular flexibility index (Phi) is 7.23. The van der Waals surface area contributed by atoms with Gasteiger partial charge in [0.05, 0.1) is 17.3 Å². The Morgan fingerprint density at radius 2 is 1.92 bits per heavy atom. The zero-order valence-corrected chi connectivity index (χ0v) is 21.7. The van der Waals surface area contributed by atoms with Gasteiger partial charge in [-0.2, -0.15) is 0 Å². The van der Waals surface area contributed by atoms with Crippen LogP contribution in [0.4, 0.5) is 10.5 Å². The monoisotopic (exact) mass is 491 g/mol. The maximum atomic E-state index is 13.7. The number of anilines is 1. The third kappa shape index (κ3) is 5.03. The molecule has 9 nitrogen and oxygen atoms in total. The summed E-state index contributed by atoms with van der Waals surface area (Å²) < 4.78 is 0. The average Bonchev–Trinajstić information content (AvgIpc) is 3.32. The van der Waals surface area contributed by atoms with Crippen LogP contribution in [-0.4, -0.2) is 72.2 Å². The number of hydrazine groups is 1. The molecule has 0 radical (unpaired) electrons.